The first-order valence-electron chi connectivity index (χ1n) is 7.82. The Labute approximate surface area is 143 Å². The van der Waals surface area contributed by atoms with Crippen LogP contribution in [0.4, 0.5) is 5.69 Å². The monoisotopic (exact) mass is 341 g/mol. The average molecular weight is 341 g/mol. The van der Waals surface area contributed by atoms with Crippen LogP contribution in [0.3, 0.4) is 0 Å². The van der Waals surface area contributed by atoms with Crippen molar-refractivity contribution in [2.24, 2.45) is 14.1 Å². The highest BCUT2D eigenvalue weighted by Crippen LogP contribution is 2.18. The van der Waals surface area contributed by atoms with E-state index in [1.807, 2.05) is 31.2 Å². The maximum absolute atomic E-state index is 12.6. The van der Waals surface area contributed by atoms with Gasteiger partial charge in [-0.15, -0.1) is 0 Å². The van der Waals surface area contributed by atoms with Crippen LogP contribution in [0.15, 0.2) is 40.2 Å². The summed E-state index contributed by atoms with van der Waals surface area (Å²) in [6.45, 7) is 3.58. The Balaban J connectivity index is 2.05. The zero-order valence-corrected chi connectivity index (χ0v) is 14.5. The minimum Gasteiger partial charge on any atom is -0.324 e. The number of aromatic nitrogens is 4. The Bertz CT molecular complexity index is 1090. The molecule has 0 radical (unpaired) electrons. The fourth-order valence-electron chi connectivity index (χ4n) is 2.73. The van der Waals surface area contributed by atoms with Gasteiger partial charge in [-0.3, -0.25) is 18.7 Å². The number of anilines is 1. The molecule has 0 aliphatic heterocycles. The van der Waals surface area contributed by atoms with Crippen molar-refractivity contribution >= 4 is 22.8 Å². The largest absolute Gasteiger partial charge is 0.332 e. The van der Waals surface area contributed by atoms with Crippen molar-refractivity contribution in [2.75, 3.05) is 5.32 Å². The van der Waals surface area contributed by atoms with Crippen molar-refractivity contribution in [2.45, 2.75) is 19.9 Å². The lowest BCUT2D eigenvalue weighted by molar-refractivity contribution is -0.118. The predicted molar refractivity (Wildman–Crippen MR) is 94.7 cm³/mol. The maximum Gasteiger partial charge on any atom is 0.332 e. The summed E-state index contributed by atoms with van der Waals surface area (Å²) in [5, 5.41) is 2.86. The van der Waals surface area contributed by atoms with Crippen LogP contribution in [0.1, 0.15) is 18.5 Å². The Morgan fingerprint density at radius 2 is 1.84 bits per heavy atom. The molecule has 25 heavy (non-hydrogen) atoms. The number of benzene rings is 1. The number of carbonyl (C=O) groups excluding carboxylic acids is 1. The van der Waals surface area contributed by atoms with Crippen LogP contribution in [0.5, 0.6) is 0 Å². The fourth-order valence-corrected chi connectivity index (χ4v) is 2.73. The van der Waals surface area contributed by atoms with Crippen LogP contribution < -0.4 is 16.6 Å². The molecule has 0 bridgehead atoms. The molecule has 2 aromatic heterocycles. The summed E-state index contributed by atoms with van der Waals surface area (Å²) in [5.41, 5.74) is 1.19. The number of hydrogen-bond acceptors (Lipinski definition) is 4. The van der Waals surface area contributed by atoms with Crippen LogP contribution in [-0.2, 0) is 18.9 Å². The quantitative estimate of drug-likeness (QED) is 0.768. The number of rotatable bonds is 3. The second kappa shape index (κ2) is 6.04. The van der Waals surface area contributed by atoms with Crippen molar-refractivity contribution in [1.82, 2.24) is 18.7 Å². The van der Waals surface area contributed by atoms with Crippen molar-refractivity contribution < 1.29 is 4.79 Å². The zero-order chi connectivity index (χ0) is 18.3. The molecule has 130 valence electrons. The molecular weight excluding hydrogens is 322 g/mol. The average Bonchev–Trinajstić information content (AvgIpc) is 3.04. The van der Waals surface area contributed by atoms with E-state index in [1.54, 1.807) is 14.0 Å². The summed E-state index contributed by atoms with van der Waals surface area (Å²) in [6, 6.07) is 6.77. The van der Waals surface area contributed by atoms with Gasteiger partial charge >= 0.3 is 5.69 Å². The summed E-state index contributed by atoms with van der Waals surface area (Å²) in [7, 11) is 2.94. The lowest BCUT2D eigenvalue weighted by atomic mass is 10.2. The van der Waals surface area contributed by atoms with Gasteiger partial charge in [0.2, 0.25) is 5.91 Å². The van der Waals surface area contributed by atoms with E-state index in [0.29, 0.717) is 5.69 Å². The van der Waals surface area contributed by atoms with Crippen molar-refractivity contribution in [1.29, 1.82) is 0 Å². The van der Waals surface area contributed by atoms with E-state index in [4.69, 9.17) is 0 Å². The molecule has 0 saturated heterocycles. The van der Waals surface area contributed by atoms with Crippen molar-refractivity contribution in [3.8, 4) is 0 Å². The number of imidazole rings is 1. The molecule has 0 fully saturated rings. The third-order valence-electron chi connectivity index (χ3n) is 4.37. The third-order valence-corrected chi connectivity index (χ3v) is 4.37. The maximum atomic E-state index is 12.6. The number of nitrogens with zero attached hydrogens (tertiary/aromatic N) is 4. The molecule has 8 nitrogen and oxygen atoms in total. The summed E-state index contributed by atoms with van der Waals surface area (Å²) < 4.78 is 3.79. The molecule has 8 heteroatoms. The molecule has 1 N–H and O–H groups in total. The first-order valence-corrected chi connectivity index (χ1v) is 7.82. The molecule has 0 aliphatic carbocycles. The number of amides is 1. The molecule has 0 saturated carbocycles. The van der Waals surface area contributed by atoms with E-state index >= 15 is 0 Å². The minimum atomic E-state index is -0.671. The third kappa shape index (κ3) is 2.65. The van der Waals surface area contributed by atoms with Crippen LogP contribution in [0.2, 0.25) is 0 Å². The van der Waals surface area contributed by atoms with Gasteiger partial charge in [-0.05, 0) is 25.5 Å². The minimum absolute atomic E-state index is 0.219. The molecule has 3 rings (SSSR count). The second-order valence-electron chi connectivity index (χ2n) is 6.01. The second-order valence-corrected chi connectivity index (χ2v) is 6.01. The molecule has 2 heterocycles. The highest BCUT2D eigenvalue weighted by Gasteiger charge is 2.22. The lowest BCUT2D eigenvalue weighted by Gasteiger charge is -2.15. The number of para-hydroxylation sites is 1. The van der Waals surface area contributed by atoms with Gasteiger partial charge in [0, 0.05) is 19.8 Å². The predicted octanol–water partition coefficient (Wildman–Crippen LogP) is 0.942. The van der Waals surface area contributed by atoms with Gasteiger partial charge in [0.25, 0.3) is 5.56 Å². The summed E-state index contributed by atoms with van der Waals surface area (Å²) in [5.74, 6) is -0.274. The van der Waals surface area contributed by atoms with Crippen molar-refractivity contribution in [3.05, 3.63) is 57.0 Å². The summed E-state index contributed by atoms with van der Waals surface area (Å²) >= 11 is 0. The highest BCUT2D eigenvalue weighted by atomic mass is 16.2. The topological polar surface area (TPSA) is 90.9 Å². The van der Waals surface area contributed by atoms with Crippen LogP contribution in [0.25, 0.3) is 11.2 Å². The first-order chi connectivity index (χ1) is 11.8. The van der Waals surface area contributed by atoms with E-state index in [1.165, 1.54) is 22.5 Å². The van der Waals surface area contributed by atoms with E-state index in [0.717, 1.165) is 10.1 Å². The van der Waals surface area contributed by atoms with Crippen molar-refractivity contribution in [3.63, 3.8) is 0 Å². The summed E-state index contributed by atoms with van der Waals surface area (Å²) in [6.07, 6.45) is 1.41. The van der Waals surface area contributed by atoms with Gasteiger partial charge in [0.15, 0.2) is 11.2 Å². The molecule has 0 spiro atoms. The Morgan fingerprint density at radius 3 is 2.52 bits per heavy atom. The molecule has 3 aromatic rings. The normalized spacial score (nSPS) is 12.3. The number of hydrogen-bond donors (Lipinski definition) is 1. The van der Waals surface area contributed by atoms with Crippen LogP contribution in [-0.4, -0.2) is 24.6 Å². The Hall–Kier alpha value is -3.16. The number of aryl methyl sites for hydroxylation is 2. The lowest BCUT2D eigenvalue weighted by Crippen LogP contribution is -2.38. The van der Waals surface area contributed by atoms with E-state index in [9.17, 15) is 14.4 Å². The Morgan fingerprint density at radius 1 is 1.16 bits per heavy atom. The SMILES string of the molecule is Cc1ccccc1NC(=O)C(C)n1cnc2c1c(=O)n(C)c(=O)n2C. The van der Waals surface area contributed by atoms with Gasteiger partial charge in [-0.2, -0.15) is 0 Å². The molecular formula is C17H19N5O3. The van der Waals surface area contributed by atoms with E-state index < -0.39 is 17.3 Å². The molecule has 0 aliphatic rings. The highest BCUT2D eigenvalue weighted by molar-refractivity contribution is 5.95. The van der Waals surface area contributed by atoms with Gasteiger partial charge in [-0.1, -0.05) is 18.2 Å². The molecule has 1 aromatic carbocycles. The van der Waals surface area contributed by atoms with Gasteiger partial charge in [-0.25, -0.2) is 9.78 Å². The van der Waals surface area contributed by atoms with E-state index in [2.05, 4.69) is 10.3 Å². The number of carbonyl (C=O) groups is 1. The number of nitrogens with one attached hydrogen (secondary N) is 1. The standard InChI is InChI=1S/C17H19N5O3/c1-10-7-5-6-8-12(10)19-15(23)11(2)22-9-18-14-13(22)16(24)21(4)17(25)20(14)3/h5-9,11H,1-4H3,(H,19,23). The van der Waals surface area contributed by atoms with Gasteiger partial charge < -0.3 is 9.88 Å². The summed E-state index contributed by atoms with van der Waals surface area (Å²) in [4.78, 5) is 41.2. The fraction of sp³-hybridized carbons (Fsp3) is 0.294. The van der Waals surface area contributed by atoms with Gasteiger partial charge in [0.1, 0.15) is 6.04 Å². The van der Waals surface area contributed by atoms with E-state index in [-0.39, 0.29) is 17.1 Å². The molecule has 1 amide bonds. The zero-order valence-electron chi connectivity index (χ0n) is 14.5. The number of fused-ring (bicyclic) bond motifs is 1. The van der Waals surface area contributed by atoms with Crippen LogP contribution in [0, 0.1) is 6.92 Å². The molecule has 1 atom stereocenters. The molecule has 1 unspecified atom stereocenters. The van der Waals surface area contributed by atoms with Crippen LogP contribution >= 0.6 is 0 Å². The van der Waals surface area contributed by atoms with Gasteiger partial charge in [0.05, 0.1) is 6.33 Å². The smallest absolute Gasteiger partial charge is 0.324 e. The Kier molecular flexibility index (Phi) is 4.03. The first kappa shape index (κ1) is 16.7.